The van der Waals surface area contributed by atoms with E-state index in [1.54, 1.807) is 32.1 Å². The number of hydrogen-bond donors (Lipinski definition) is 2. The molecule has 0 fully saturated rings. The fraction of sp³-hybridized carbons (Fsp3) is 0. The van der Waals surface area contributed by atoms with Crippen molar-refractivity contribution in [3.63, 3.8) is 0 Å². The van der Waals surface area contributed by atoms with Crippen LogP contribution < -0.4 is 5.46 Å². The molecule has 2 rings (SSSR count). The van der Waals surface area contributed by atoms with E-state index in [0.29, 0.717) is 15.6 Å². The lowest BCUT2D eigenvalue weighted by Crippen LogP contribution is -2.10. The van der Waals surface area contributed by atoms with Gasteiger partial charge in [-0.3, -0.25) is 0 Å². The quantitative estimate of drug-likeness (QED) is 0.840. The van der Waals surface area contributed by atoms with E-state index in [4.69, 9.17) is 0 Å². The summed E-state index contributed by atoms with van der Waals surface area (Å²) in [4.78, 5) is 22.7. The summed E-state index contributed by atoms with van der Waals surface area (Å²) in [5.41, 5.74) is 1.74. The minimum atomic E-state index is -1.10. The zero-order valence-corrected chi connectivity index (χ0v) is 12.1. The molecule has 100 valence electrons. The highest BCUT2D eigenvalue weighted by Gasteiger charge is 2.18. The molecule has 0 aliphatic rings. The van der Waals surface area contributed by atoms with Gasteiger partial charge in [0.1, 0.15) is 7.85 Å². The van der Waals surface area contributed by atoms with E-state index in [-0.39, 0.29) is 11.1 Å². The summed E-state index contributed by atoms with van der Waals surface area (Å²) in [5, 5.41) is 18.5. The van der Waals surface area contributed by atoms with E-state index < -0.39 is 11.9 Å². The Morgan fingerprint density at radius 2 is 1.40 bits per heavy atom. The maximum atomic E-state index is 11.3. The fourth-order valence-electron chi connectivity index (χ4n) is 2.00. The second kappa shape index (κ2) is 5.50. The summed E-state index contributed by atoms with van der Waals surface area (Å²) in [6.45, 7) is 0. The van der Waals surface area contributed by atoms with Crippen LogP contribution in [0.1, 0.15) is 20.7 Å². The van der Waals surface area contributed by atoms with E-state index in [9.17, 15) is 19.8 Å². The number of carboxylic acid groups (broad SMARTS) is 2. The second-order valence-electron chi connectivity index (χ2n) is 4.35. The Hall–Kier alpha value is -2.08. The van der Waals surface area contributed by atoms with Crippen molar-refractivity contribution in [2.24, 2.45) is 0 Å². The first-order valence-electron chi connectivity index (χ1n) is 5.77. The van der Waals surface area contributed by atoms with Crippen LogP contribution in [0.25, 0.3) is 11.1 Å². The molecule has 6 heteroatoms. The molecule has 20 heavy (non-hydrogen) atoms. The van der Waals surface area contributed by atoms with Crippen LogP contribution in [-0.2, 0) is 0 Å². The maximum absolute atomic E-state index is 11.3. The summed E-state index contributed by atoms with van der Waals surface area (Å²) < 4.78 is 0.627. The largest absolute Gasteiger partial charge is 0.478 e. The average molecular weight is 333 g/mol. The summed E-state index contributed by atoms with van der Waals surface area (Å²) in [6, 6.07) is 9.68. The highest BCUT2D eigenvalue weighted by Crippen LogP contribution is 2.29. The molecule has 2 aromatic rings. The van der Waals surface area contributed by atoms with E-state index in [1.165, 1.54) is 12.1 Å². The van der Waals surface area contributed by atoms with Crippen LogP contribution in [-0.4, -0.2) is 30.0 Å². The van der Waals surface area contributed by atoms with Crippen LogP contribution in [0.5, 0.6) is 0 Å². The van der Waals surface area contributed by atoms with E-state index in [0.717, 1.165) is 5.46 Å². The Balaban J connectivity index is 2.75. The van der Waals surface area contributed by atoms with Gasteiger partial charge >= 0.3 is 11.9 Å². The molecule has 2 N–H and O–H groups in total. The molecule has 0 amide bonds. The smallest absolute Gasteiger partial charge is 0.336 e. The first-order valence-corrected chi connectivity index (χ1v) is 6.56. The van der Waals surface area contributed by atoms with Gasteiger partial charge in [-0.15, -0.1) is 0 Å². The lowest BCUT2D eigenvalue weighted by atomic mass is 9.88. The van der Waals surface area contributed by atoms with Crippen molar-refractivity contribution in [2.75, 3.05) is 0 Å². The molecule has 0 saturated heterocycles. The van der Waals surface area contributed by atoms with Gasteiger partial charge in [-0.25, -0.2) is 9.59 Å². The van der Waals surface area contributed by atoms with Crippen LogP contribution in [0.15, 0.2) is 40.9 Å². The molecule has 2 aromatic carbocycles. The third-order valence-electron chi connectivity index (χ3n) is 2.91. The van der Waals surface area contributed by atoms with Crippen LogP contribution >= 0.6 is 15.9 Å². The van der Waals surface area contributed by atoms with Gasteiger partial charge in [-0.05, 0) is 23.3 Å². The molecule has 0 radical (unpaired) electrons. The van der Waals surface area contributed by atoms with Gasteiger partial charge in [0.05, 0.1) is 11.1 Å². The van der Waals surface area contributed by atoms with Crippen molar-refractivity contribution in [2.45, 2.75) is 0 Å². The monoisotopic (exact) mass is 332 g/mol. The summed E-state index contributed by atoms with van der Waals surface area (Å²) in [5.74, 6) is -2.18. The Morgan fingerprint density at radius 3 is 1.95 bits per heavy atom. The Kier molecular flexibility index (Phi) is 3.95. The van der Waals surface area contributed by atoms with E-state index in [2.05, 4.69) is 15.9 Å². The van der Waals surface area contributed by atoms with Crippen LogP contribution in [0.2, 0.25) is 0 Å². The minimum Gasteiger partial charge on any atom is -0.478 e. The first kappa shape index (κ1) is 14.3. The molecule has 0 aliphatic carbocycles. The SMILES string of the molecule is Bc1ccc(-c2ccc(Br)cc2C(=O)O)c(C(=O)O)c1. The second-order valence-corrected chi connectivity index (χ2v) is 5.26. The van der Waals surface area contributed by atoms with Crippen LogP contribution in [0, 0.1) is 0 Å². The molecule has 0 saturated carbocycles. The normalized spacial score (nSPS) is 10.2. The number of halogens is 1. The molecule has 0 heterocycles. The zero-order chi connectivity index (χ0) is 14.9. The average Bonchev–Trinajstić information content (AvgIpc) is 2.38. The standard InChI is InChI=1S/C14H10BBrO4/c15-7-1-3-9(11(5-7)13(17)18)10-4-2-8(16)6-12(10)14(19)20/h1-6H,15H2,(H,17,18)(H,19,20). The molecule has 0 unspecified atom stereocenters. The lowest BCUT2D eigenvalue weighted by Gasteiger charge is -2.11. The Morgan fingerprint density at radius 1 is 0.900 bits per heavy atom. The molecule has 0 bridgehead atoms. The zero-order valence-electron chi connectivity index (χ0n) is 10.6. The molecular formula is C14H10BBrO4. The summed E-state index contributed by atoms with van der Waals surface area (Å²) in [7, 11) is 1.79. The van der Waals surface area contributed by atoms with Crippen molar-refractivity contribution >= 4 is 41.2 Å². The number of benzene rings is 2. The summed E-state index contributed by atoms with van der Waals surface area (Å²) >= 11 is 3.22. The fourth-order valence-corrected chi connectivity index (χ4v) is 2.36. The van der Waals surface area contributed by atoms with E-state index in [1.807, 2.05) is 0 Å². The number of rotatable bonds is 3. The molecule has 0 spiro atoms. The van der Waals surface area contributed by atoms with Gasteiger partial charge in [-0.2, -0.15) is 0 Å². The van der Waals surface area contributed by atoms with Gasteiger partial charge in [-0.1, -0.05) is 45.7 Å². The topological polar surface area (TPSA) is 74.6 Å². The highest BCUT2D eigenvalue weighted by molar-refractivity contribution is 9.10. The third kappa shape index (κ3) is 2.75. The van der Waals surface area contributed by atoms with Crippen molar-refractivity contribution in [3.05, 3.63) is 52.0 Å². The van der Waals surface area contributed by atoms with Gasteiger partial charge in [0.15, 0.2) is 0 Å². The van der Waals surface area contributed by atoms with Gasteiger partial charge < -0.3 is 10.2 Å². The molecule has 4 nitrogen and oxygen atoms in total. The molecular weight excluding hydrogens is 323 g/mol. The molecule has 0 aromatic heterocycles. The van der Waals surface area contributed by atoms with Crippen molar-refractivity contribution in [3.8, 4) is 11.1 Å². The molecule has 0 aliphatic heterocycles. The van der Waals surface area contributed by atoms with E-state index >= 15 is 0 Å². The van der Waals surface area contributed by atoms with Crippen molar-refractivity contribution < 1.29 is 19.8 Å². The number of aromatic carboxylic acids is 2. The lowest BCUT2D eigenvalue weighted by molar-refractivity contribution is 0.0684. The highest BCUT2D eigenvalue weighted by atomic mass is 79.9. The van der Waals surface area contributed by atoms with Gasteiger partial charge in [0.2, 0.25) is 0 Å². The number of carboxylic acids is 2. The van der Waals surface area contributed by atoms with Crippen molar-refractivity contribution in [1.29, 1.82) is 0 Å². The predicted molar refractivity (Wildman–Crippen MR) is 81.7 cm³/mol. The predicted octanol–water partition coefficient (Wildman–Crippen LogP) is 1.77. The van der Waals surface area contributed by atoms with Crippen LogP contribution in [0.4, 0.5) is 0 Å². The third-order valence-corrected chi connectivity index (χ3v) is 3.40. The van der Waals surface area contributed by atoms with Crippen molar-refractivity contribution in [1.82, 2.24) is 0 Å². The van der Waals surface area contributed by atoms with Gasteiger partial charge in [0, 0.05) is 4.47 Å². The first-order chi connectivity index (χ1) is 9.40. The number of carbonyl (C=O) groups is 2. The Bertz CT molecular complexity index is 651. The number of hydrogen-bond acceptors (Lipinski definition) is 2. The summed E-state index contributed by atoms with van der Waals surface area (Å²) in [6.07, 6.45) is 0. The van der Waals surface area contributed by atoms with Crippen LogP contribution in [0.3, 0.4) is 0 Å². The Labute approximate surface area is 124 Å². The van der Waals surface area contributed by atoms with Gasteiger partial charge in [0.25, 0.3) is 0 Å². The maximum Gasteiger partial charge on any atom is 0.336 e. The minimum absolute atomic E-state index is 0.0609. The molecule has 0 atom stereocenters.